The van der Waals surface area contributed by atoms with Crippen LogP contribution < -0.4 is 0 Å². The second kappa shape index (κ2) is 10.5. The van der Waals surface area contributed by atoms with Crippen LogP contribution in [0.5, 0.6) is 0 Å². The van der Waals surface area contributed by atoms with Gasteiger partial charge in [0.15, 0.2) is 0 Å². The molecule has 0 nitrogen and oxygen atoms in total. The average molecular weight is 210 g/mol. The maximum absolute atomic E-state index is 1.50. The zero-order valence-electron chi connectivity index (χ0n) is 10.6. The topological polar surface area (TPSA) is 0 Å². The predicted molar refractivity (Wildman–Crippen MR) is 69.3 cm³/mol. The maximum atomic E-state index is 1.50. The molecule has 1 rings (SSSR count). The van der Waals surface area contributed by atoms with Crippen LogP contribution in [0.2, 0.25) is 0 Å². The van der Waals surface area contributed by atoms with Crippen molar-refractivity contribution in [3.8, 4) is 0 Å². The molecule has 0 amide bonds. The van der Waals surface area contributed by atoms with Gasteiger partial charge in [0, 0.05) is 0 Å². The summed E-state index contributed by atoms with van der Waals surface area (Å²) >= 11 is 0. The Morgan fingerprint density at radius 1 is 0.133 bits per heavy atom. The van der Waals surface area contributed by atoms with E-state index < -0.39 is 0 Å². The largest absolute Gasteiger partial charge is 0.0533 e. The van der Waals surface area contributed by atoms with E-state index in [9.17, 15) is 0 Å². The number of rotatable bonds is 0. The first-order chi connectivity index (χ1) is 7.50. The second-order valence-electron chi connectivity index (χ2n) is 5.30. The van der Waals surface area contributed by atoms with Crippen molar-refractivity contribution in [1.82, 2.24) is 0 Å². The van der Waals surface area contributed by atoms with Gasteiger partial charge in [-0.2, -0.15) is 0 Å². The quantitative estimate of drug-likeness (QED) is 0.470. The third kappa shape index (κ3) is 8.96. The van der Waals surface area contributed by atoms with E-state index in [0.717, 1.165) is 0 Å². The molecule has 0 aliphatic heterocycles. The molecule has 1 saturated carbocycles. The molecule has 90 valence electrons. The highest BCUT2D eigenvalue weighted by Crippen LogP contribution is 2.16. The molecule has 0 aromatic carbocycles. The Labute approximate surface area is 96.8 Å². The molecule has 1 aliphatic carbocycles. The maximum Gasteiger partial charge on any atom is -0.0533 e. The van der Waals surface area contributed by atoms with E-state index >= 15 is 0 Å². The molecule has 0 saturated heterocycles. The third-order valence-electron chi connectivity index (χ3n) is 3.75. The van der Waals surface area contributed by atoms with Gasteiger partial charge in [0.1, 0.15) is 0 Å². The van der Waals surface area contributed by atoms with Gasteiger partial charge in [0.25, 0.3) is 0 Å². The standard InChI is InChI=1S/C15H30/c1-2-4-6-8-10-12-14-15-13-11-9-7-5-3-1/h1-15H2. The Bertz CT molecular complexity index is 58.6. The van der Waals surface area contributed by atoms with Gasteiger partial charge in [0.2, 0.25) is 0 Å². The summed E-state index contributed by atoms with van der Waals surface area (Å²) in [5.74, 6) is 0. The molecule has 0 aromatic heterocycles. The first-order valence-electron chi connectivity index (χ1n) is 7.50. The Hall–Kier alpha value is 0. The highest BCUT2D eigenvalue weighted by atomic mass is 14.0. The van der Waals surface area contributed by atoms with E-state index in [2.05, 4.69) is 0 Å². The lowest BCUT2D eigenvalue weighted by molar-refractivity contribution is 0.548. The van der Waals surface area contributed by atoms with E-state index in [4.69, 9.17) is 0 Å². The van der Waals surface area contributed by atoms with Crippen molar-refractivity contribution in [1.29, 1.82) is 0 Å². The molecule has 0 unspecified atom stereocenters. The molecule has 0 atom stereocenters. The van der Waals surface area contributed by atoms with Crippen LogP contribution in [0, 0.1) is 0 Å². The minimum Gasteiger partial charge on any atom is -0.0533 e. The first-order valence-corrected chi connectivity index (χ1v) is 7.50. The summed E-state index contributed by atoms with van der Waals surface area (Å²) in [5, 5.41) is 0. The predicted octanol–water partition coefficient (Wildman–Crippen LogP) is 5.85. The van der Waals surface area contributed by atoms with E-state index in [1.165, 1.54) is 96.3 Å². The van der Waals surface area contributed by atoms with Gasteiger partial charge in [-0.25, -0.2) is 0 Å². The molecule has 1 fully saturated rings. The second-order valence-corrected chi connectivity index (χ2v) is 5.30. The summed E-state index contributed by atoms with van der Waals surface area (Å²) in [5.41, 5.74) is 0. The molecule has 0 radical (unpaired) electrons. The van der Waals surface area contributed by atoms with Crippen LogP contribution in [0.4, 0.5) is 0 Å². The first kappa shape index (κ1) is 13.1. The monoisotopic (exact) mass is 210 g/mol. The fourth-order valence-corrected chi connectivity index (χ4v) is 2.65. The lowest BCUT2D eigenvalue weighted by atomic mass is 10.1. The van der Waals surface area contributed by atoms with Crippen molar-refractivity contribution in [3.05, 3.63) is 0 Å². The van der Waals surface area contributed by atoms with Gasteiger partial charge in [-0.1, -0.05) is 96.3 Å². The molecule has 1 aliphatic rings. The molecule has 0 aromatic rings. The smallest absolute Gasteiger partial charge is 0.0533 e. The SMILES string of the molecule is C1CCCCCCCCCCCCCC1. The van der Waals surface area contributed by atoms with Gasteiger partial charge in [0.05, 0.1) is 0 Å². The minimum atomic E-state index is 1.50. The van der Waals surface area contributed by atoms with Crippen molar-refractivity contribution in [2.24, 2.45) is 0 Å². The van der Waals surface area contributed by atoms with Gasteiger partial charge >= 0.3 is 0 Å². The molecular weight excluding hydrogens is 180 g/mol. The Morgan fingerprint density at radius 3 is 0.267 bits per heavy atom. The fraction of sp³-hybridized carbons (Fsp3) is 1.00. The fourth-order valence-electron chi connectivity index (χ4n) is 2.65. The molecule has 0 N–H and O–H groups in total. The summed E-state index contributed by atoms with van der Waals surface area (Å²) in [6.07, 6.45) is 22.5. The van der Waals surface area contributed by atoms with E-state index in [1.807, 2.05) is 0 Å². The zero-order valence-corrected chi connectivity index (χ0v) is 10.6. The summed E-state index contributed by atoms with van der Waals surface area (Å²) < 4.78 is 0. The summed E-state index contributed by atoms with van der Waals surface area (Å²) in [6.45, 7) is 0. The highest BCUT2D eigenvalue weighted by Gasteiger charge is 1.96. The normalized spacial score (nSPS) is 24.0. The zero-order chi connectivity index (χ0) is 10.6. The van der Waals surface area contributed by atoms with Crippen molar-refractivity contribution in [3.63, 3.8) is 0 Å². The third-order valence-corrected chi connectivity index (χ3v) is 3.75. The summed E-state index contributed by atoms with van der Waals surface area (Å²) in [4.78, 5) is 0. The van der Waals surface area contributed by atoms with Gasteiger partial charge in [-0.05, 0) is 0 Å². The number of hydrogen-bond donors (Lipinski definition) is 0. The average Bonchev–Trinajstić information content (AvgIpc) is 2.27. The number of hydrogen-bond acceptors (Lipinski definition) is 0. The van der Waals surface area contributed by atoms with Crippen molar-refractivity contribution in [2.45, 2.75) is 96.3 Å². The van der Waals surface area contributed by atoms with Crippen LogP contribution in [0.1, 0.15) is 96.3 Å². The van der Waals surface area contributed by atoms with Crippen LogP contribution in [0.3, 0.4) is 0 Å². The van der Waals surface area contributed by atoms with Gasteiger partial charge in [-0.15, -0.1) is 0 Å². The lowest BCUT2D eigenvalue weighted by Gasteiger charge is -2.01. The van der Waals surface area contributed by atoms with Gasteiger partial charge in [-0.3, -0.25) is 0 Å². The van der Waals surface area contributed by atoms with Crippen LogP contribution in [0.25, 0.3) is 0 Å². The minimum absolute atomic E-state index is 1.50. The van der Waals surface area contributed by atoms with Crippen LogP contribution >= 0.6 is 0 Å². The Morgan fingerprint density at radius 2 is 0.200 bits per heavy atom. The molecule has 0 spiro atoms. The van der Waals surface area contributed by atoms with Crippen molar-refractivity contribution >= 4 is 0 Å². The van der Waals surface area contributed by atoms with Crippen LogP contribution in [-0.2, 0) is 0 Å². The Kier molecular flexibility index (Phi) is 9.16. The molecule has 0 heterocycles. The van der Waals surface area contributed by atoms with E-state index in [0.29, 0.717) is 0 Å². The lowest BCUT2D eigenvalue weighted by Crippen LogP contribution is -1.81. The van der Waals surface area contributed by atoms with Crippen LogP contribution in [-0.4, -0.2) is 0 Å². The molecule has 0 heteroatoms. The summed E-state index contributed by atoms with van der Waals surface area (Å²) in [6, 6.07) is 0. The highest BCUT2D eigenvalue weighted by molar-refractivity contribution is 4.52. The molecule has 0 bridgehead atoms. The van der Waals surface area contributed by atoms with E-state index in [-0.39, 0.29) is 0 Å². The molecular formula is C15H30. The van der Waals surface area contributed by atoms with Crippen LogP contribution in [0.15, 0.2) is 0 Å². The Balaban J connectivity index is 2.01. The van der Waals surface area contributed by atoms with Crippen molar-refractivity contribution < 1.29 is 0 Å². The van der Waals surface area contributed by atoms with Crippen molar-refractivity contribution in [2.75, 3.05) is 0 Å². The molecule has 15 heavy (non-hydrogen) atoms. The van der Waals surface area contributed by atoms with E-state index in [1.54, 1.807) is 0 Å². The summed E-state index contributed by atoms with van der Waals surface area (Å²) in [7, 11) is 0. The van der Waals surface area contributed by atoms with Gasteiger partial charge < -0.3 is 0 Å².